The number of hydrogen-bond donors (Lipinski definition) is 0. The van der Waals surface area contributed by atoms with E-state index in [0.29, 0.717) is 0 Å². The van der Waals surface area contributed by atoms with Gasteiger partial charge in [-0.1, -0.05) is 20.8 Å². The standard InChI is InChI=1S/C6H24O6Si6/c1-4-17-10-15-8-13-7-14-9-16-11-18(5-2,6-3)12-17/h17H,4-6,13-16H2,1-3H3. The zero-order valence-corrected chi connectivity index (χ0v) is 19.3. The van der Waals surface area contributed by atoms with Gasteiger partial charge in [0.15, 0.2) is 0 Å². The lowest BCUT2D eigenvalue weighted by molar-refractivity contribution is 0.302. The summed E-state index contributed by atoms with van der Waals surface area (Å²) in [6, 6.07) is 2.90. The summed E-state index contributed by atoms with van der Waals surface area (Å²) in [6.07, 6.45) is 0. The van der Waals surface area contributed by atoms with Crippen LogP contribution in [-0.2, 0) is 24.7 Å². The van der Waals surface area contributed by atoms with Crippen LogP contribution in [0.25, 0.3) is 0 Å². The van der Waals surface area contributed by atoms with Gasteiger partial charge in [0.05, 0.1) is 0 Å². The zero-order chi connectivity index (χ0) is 13.3. The van der Waals surface area contributed by atoms with E-state index in [9.17, 15) is 0 Å². The third-order valence-corrected chi connectivity index (χ3v) is 17.0. The predicted octanol–water partition coefficient (Wildman–Crippen LogP) is -2.18. The molecular formula is C6H24O6Si6. The van der Waals surface area contributed by atoms with Crippen molar-refractivity contribution in [1.82, 2.24) is 0 Å². The first-order valence-electron chi connectivity index (χ1n) is 6.43. The van der Waals surface area contributed by atoms with Crippen molar-refractivity contribution in [2.24, 2.45) is 0 Å². The van der Waals surface area contributed by atoms with Gasteiger partial charge in [-0.2, -0.15) is 0 Å². The molecule has 12 heteroatoms. The van der Waals surface area contributed by atoms with Gasteiger partial charge in [-0.05, 0) is 18.1 Å². The van der Waals surface area contributed by atoms with E-state index in [1.165, 1.54) is 0 Å². The topological polar surface area (TPSA) is 55.4 Å². The lowest BCUT2D eigenvalue weighted by Crippen LogP contribution is -2.48. The normalized spacial score (nSPS) is 32.5. The van der Waals surface area contributed by atoms with Crippen LogP contribution in [0.2, 0.25) is 18.1 Å². The van der Waals surface area contributed by atoms with Gasteiger partial charge in [-0.3, -0.25) is 0 Å². The molecule has 0 radical (unpaired) electrons. The molecule has 108 valence electrons. The molecule has 0 aromatic carbocycles. The van der Waals surface area contributed by atoms with E-state index in [1.54, 1.807) is 0 Å². The second-order valence-electron chi connectivity index (χ2n) is 3.97. The molecule has 1 atom stereocenters. The zero-order valence-electron chi connectivity index (χ0n) is 11.5. The Labute approximate surface area is 121 Å². The summed E-state index contributed by atoms with van der Waals surface area (Å²) in [5, 5.41) is 0. The summed E-state index contributed by atoms with van der Waals surface area (Å²) in [6.45, 7) is 6.41. The molecule has 0 aliphatic carbocycles. The van der Waals surface area contributed by atoms with E-state index >= 15 is 0 Å². The van der Waals surface area contributed by atoms with Crippen LogP contribution in [0.1, 0.15) is 20.8 Å². The van der Waals surface area contributed by atoms with Gasteiger partial charge in [0.1, 0.15) is 0 Å². The van der Waals surface area contributed by atoms with Gasteiger partial charge in [0.25, 0.3) is 40.0 Å². The van der Waals surface area contributed by atoms with E-state index in [1.807, 2.05) is 0 Å². The number of rotatable bonds is 3. The lowest BCUT2D eigenvalue weighted by atomic mass is 10.9. The molecule has 18 heavy (non-hydrogen) atoms. The van der Waals surface area contributed by atoms with E-state index in [-0.39, 0.29) is 0 Å². The minimum absolute atomic E-state index is 0.863. The smallest absolute Gasteiger partial charge is 0.319 e. The molecule has 6 nitrogen and oxygen atoms in total. The van der Waals surface area contributed by atoms with Crippen molar-refractivity contribution < 1.29 is 24.7 Å². The second kappa shape index (κ2) is 9.89. The molecule has 0 amide bonds. The highest BCUT2D eigenvalue weighted by Gasteiger charge is 2.36. The molecule has 1 rings (SSSR count). The minimum atomic E-state index is -2.07. The molecule has 0 bridgehead atoms. The summed E-state index contributed by atoms with van der Waals surface area (Å²) in [4.78, 5) is 0. The van der Waals surface area contributed by atoms with Crippen LogP contribution in [0.15, 0.2) is 0 Å². The van der Waals surface area contributed by atoms with Crippen molar-refractivity contribution in [3.8, 4) is 0 Å². The molecule has 1 aliphatic rings. The van der Waals surface area contributed by atoms with Crippen LogP contribution in [0.5, 0.6) is 0 Å². The van der Waals surface area contributed by atoms with Crippen molar-refractivity contribution in [3.05, 3.63) is 0 Å². The van der Waals surface area contributed by atoms with Crippen molar-refractivity contribution in [1.29, 1.82) is 0 Å². The van der Waals surface area contributed by atoms with Crippen LogP contribution in [-0.4, -0.2) is 57.9 Å². The summed E-state index contributed by atoms with van der Waals surface area (Å²) < 4.78 is 34.7. The van der Waals surface area contributed by atoms with E-state index in [0.717, 1.165) is 18.1 Å². The fourth-order valence-corrected chi connectivity index (χ4v) is 18.1. The second-order valence-corrected chi connectivity index (χ2v) is 18.2. The Morgan fingerprint density at radius 3 is 2.11 bits per heavy atom. The predicted molar refractivity (Wildman–Crippen MR) is 85.0 cm³/mol. The Bertz CT molecular complexity index is 219. The summed E-state index contributed by atoms with van der Waals surface area (Å²) >= 11 is 0. The van der Waals surface area contributed by atoms with Crippen molar-refractivity contribution in [2.75, 3.05) is 0 Å². The van der Waals surface area contributed by atoms with Crippen molar-refractivity contribution in [3.63, 3.8) is 0 Å². The SMILES string of the molecule is CC[SiH]1O[SiH2]O[SiH2]O[SiH2]O[SiH2]O[Si](CC)(CC)O1. The first-order chi connectivity index (χ1) is 8.76. The monoisotopic (exact) mass is 360 g/mol. The highest BCUT2D eigenvalue weighted by atomic mass is 28.5. The Morgan fingerprint density at radius 1 is 0.889 bits per heavy atom. The Balaban J connectivity index is 2.60. The van der Waals surface area contributed by atoms with E-state index in [4.69, 9.17) is 24.7 Å². The fourth-order valence-electron chi connectivity index (χ4n) is 1.62. The molecule has 1 saturated heterocycles. The Morgan fingerprint density at radius 2 is 1.50 bits per heavy atom. The molecule has 0 aromatic rings. The highest BCUT2D eigenvalue weighted by molar-refractivity contribution is 6.77. The van der Waals surface area contributed by atoms with Gasteiger partial charge < -0.3 is 24.7 Å². The molecule has 0 N–H and O–H groups in total. The summed E-state index contributed by atoms with van der Waals surface area (Å²) in [5.74, 6) is 0. The largest absolute Gasteiger partial charge is 0.425 e. The third-order valence-electron chi connectivity index (χ3n) is 2.83. The van der Waals surface area contributed by atoms with Crippen LogP contribution in [0.4, 0.5) is 0 Å². The Hall–Kier alpha value is 1.06. The molecule has 1 unspecified atom stereocenters. The van der Waals surface area contributed by atoms with Gasteiger partial charge in [0.2, 0.25) is 0 Å². The molecule has 1 aliphatic heterocycles. The quantitative estimate of drug-likeness (QED) is 0.533. The molecule has 0 spiro atoms. The van der Waals surface area contributed by atoms with Gasteiger partial charge in [-0.25, -0.2) is 0 Å². The van der Waals surface area contributed by atoms with Gasteiger partial charge in [-0.15, -0.1) is 0 Å². The average molecular weight is 361 g/mol. The maximum Gasteiger partial charge on any atom is 0.319 e. The molecular weight excluding hydrogens is 337 g/mol. The molecule has 0 aromatic heterocycles. The minimum Gasteiger partial charge on any atom is -0.425 e. The van der Waals surface area contributed by atoms with Gasteiger partial charge in [0, 0.05) is 0 Å². The highest BCUT2D eigenvalue weighted by Crippen LogP contribution is 2.20. The summed E-state index contributed by atoms with van der Waals surface area (Å²) in [7, 11) is -7.29. The van der Waals surface area contributed by atoms with E-state index in [2.05, 4.69) is 20.8 Å². The van der Waals surface area contributed by atoms with Crippen LogP contribution < -0.4 is 0 Å². The first kappa shape index (κ1) is 17.1. The van der Waals surface area contributed by atoms with Gasteiger partial charge >= 0.3 is 17.8 Å². The maximum atomic E-state index is 6.29. The molecule has 1 fully saturated rings. The fraction of sp³-hybridized carbons (Fsp3) is 1.00. The van der Waals surface area contributed by atoms with Crippen LogP contribution in [0, 0.1) is 0 Å². The Kier molecular flexibility index (Phi) is 9.40. The molecule has 1 heterocycles. The van der Waals surface area contributed by atoms with Crippen LogP contribution in [0.3, 0.4) is 0 Å². The summed E-state index contributed by atoms with van der Waals surface area (Å²) in [5.41, 5.74) is 0. The third kappa shape index (κ3) is 6.01. The van der Waals surface area contributed by atoms with E-state index < -0.39 is 57.9 Å². The maximum absolute atomic E-state index is 6.29. The molecule has 0 saturated carbocycles. The van der Waals surface area contributed by atoms with Crippen LogP contribution >= 0.6 is 0 Å². The first-order valence-corrected chi connectivity index (χ1v) is 15.0. The van der Waals surface area contributed by atoms with Crippen molar-refractivity contribution in [2.45, 2.75) is 38.9 Å². The van der Waals surface area contributed by atoms with Crippen molar-refractivity contribution >= 4 is 57.9 Å². The number of hydrogen-bond acceptors (Lipinski definition) is 6. The average Bonchev–Trinajstić information content (AvgIpc) is 2.40. The lowest BCUT2D eigenvalue weighted by Gasteiger charge is -2.33.